The molecule has 0 atom stereocenters. The van der Waals surface area contributed by atoms with Gasteiger partial charge in [-0.3, -0.25) is 0 Å². The van der Waals surface area contributed by atoms with E-state index in [1.165, 1.54) is 69.9 Å². The van der Waals surface area contributed by atoms with E-state index in [0.717, 1.165) is 33.8 Å². The van der Waals surface area contributed by atoms with Crippen LogP contribution >= 0.6 is 11.3 Å². The van der Waals surface area contributed by atoms with E-state index in [1.807, 2.05) is 11.3 Å². The molecule has 282 valence electrons. The molecular weight excluding hydrogens is 743 g/mol. The number of thiophene rings is 1. The fourth-order valence-electron chi connectivity index (χ4n) is 8.94. The Balaban J connectivity index is 1.15. The Bertz CT molecular complexity index is 3300. The second-order valence-corrected chi connectivity index (χ2v) is 16.3. The summed E-state index contributed by atoms with van der Waals surface area (Å²) in [6, 6.07) is 86.2. The van der Waals surface area contributed by atoms with Crippen molar-refractivity contribution in [2.24, 2.45) is 0 Å². The molecule has 1 nitrogen and oxygen atoms in total. The van der Waals surface area contributed by atoms with Gasteiger partial charge in [0, 0.05) is 37.0 Å². The third-order valence-electron chi connectivity index (χ3n) is 11.7. The molecule has 0 aliphatic rings. The zero-order chi connectivity index (χ0) is 39.8. The summed E-state index contributed by atoms with van der Waals surface area (Å²) in [5.41, 5.74) is 15.3. The summed E-state index contributed by atoms with van der Waals surface area (Å²) < 4.78 is 2.61. The minimum atomic E-state index is 1.09. The smallest absolute Gasteiger partial charge is 0.0540 e. The van der Waals surface area contributed by atoms with Gasteiger partial charge < -0.3 is 4.90 Å². The maximum absolute atomic E-state index is 2.48. The van der Waals surface area contributed by atoms with Gasteiger partial charge in [-0.15, -0.1) is 11.3 Å². The first-order valence-electron chi connectivity index (χ1n) is 20.5. The summed E-state index contributed by atoms with van der Waals surface area (Å²) in [7, 11) is 0. The number of anilines is 3. The first-order valence-corrected chi connectivity index (χ1v) is 21.3. The Morgan fingerprint density at radius 3 is 1.53 bits per heavy atom. The Kier molecular flexibility index (Phi) is 9.11. The zero-order valence-corrected chi connectivity index (χ0v) is 33.7. The van der Waals surface area contributed by atoms with Gasteiger partial charge >= 0.3 is 0 Å². The predicted molar refractivity (Wildman–Crippen MR) is 259 cm³/mol. The van der Waals surface area contributed by atoms with Crippen molar-refractivity contribution in [3.8, 4) is 55.6 Å². The number of hydrogen-bond donors (Lipinski definition) is 0. The summed E-state index contributed by atoms with van der Waals surface area (Å²) in [6.45, 7) is 0. The quantitative estimate of drug-likeness (QED) is 0.148. The molecule has 0 radical (unpaired) electrons. The zero-order valence-electron chi connectivity index (χ0n) is 32.9. The molecule has 11 aromatic rings. The van der Waals surface area contributed by atoms with Crippen LogP contribution in [0.5, 0.6) is 0 Å². The number of fused-ring (bicyclic) bond motifs is 4. The van der Waals surface area contributed by atoms with Gasteiger partial charge in [-0.2, -0.15) is 0 Å². The minimum Gasteiger partial charge on any atom is -0.309 e. The van der Waals surface area contributed by atoms with Crippen molar-refractivity contribution in [1.82, 2.24) is 0 Å². The number of nitrogens with zero attached hydrogens (tertiary/aromatic N) is 1. The Labute approximate surface area is 354 Å². The highest BCUT2D eigenvalue weighted by Gasteiger charge is 2.23. The van der Waals surface area contributed by atoms with E-state index >= 15 is 0 Å². The number of rotatable bonds is 8. The predicted octanol–water partition coefficient (Wildman–Crippen LogP) is 17.0. The van der Waals surface area contributed by atoms with E-state index in [4.69, 9.17) is 0 Å². The van der Waals surface area contributed by atoms with Gasteiger partial charge in [0.05, 0.1) is 11.4 Å². The molecule has 1 heterocycles. The van der Waals surface area contributed by atoms with E-state index in [0.29, 0.717) is 0 Å². The van der Waals surface area contributed by atoms with E-state index < -0.39 is 0 Å². The van der Waals surface area contributed by atoms with Gasteiger partial charge in [0.2, 0.25) is 0 Å². The van der Waals surface area contributed by atoms with E-state index in [-0.39, 0.29) is 0 Å². The van der Waals surface area contributed by atoms with Crippen molar-refractivity contribution in [2.75, 3.05) is 4.90 Å². The molecular formula is C58H39NS. The monoisotopic (exact) mass is 781 g/mol. The molecule has 0 N–H and O–H groups in total. The van der Waals surface area contributed by atoms with Crippen LogP contribution in [0.15, 0.2) is 237 Å². The maximum Gasteiger partial charge on any atom is 0.0540 e. The van der Waals surface area contributed by atoms with Crippen LogP contribution < -0.4 is 4.90 Å². The molecule has 11 rings (SSSR count). The second-order valence-electron chi connectivity index (χ2n) is 15.2. The van der Waals surface area contributed by atoms with Gasteiger partial charge in [0.1, 0.15) is 0 Å². The SMILES string of the molecule is c1ccc(-c2ccc(-c3ccccc3N(c3cccc(-c4cccc5sc6ccccc6c45)c3)c3ccccc3-c3cccc4cccc(-c5ccccc5)c34)cc2)cc1. The molecule has 10 aromatic carbocycles. The van der Waals surface area contributed by atoms with E-state index in [1.54, 1.807) is 0 Å². The lowest BCUT2D eigenvalue weighted by Gasteiger charge is -2.30. The number of para-hydroxylation sites is 2. The van der Waals surface area contributed by atoms with Gasteiger partial charge in [-0.25, -0.2) is 0 Å². The van der Waals surface area contributed by atoms with Crippen LogP contribution in [0.1, 0.15) is 0 Å². The van der Waals surface area contributed by atoms with Crippen LogP contribution in [0.25, 0.3) is 86.6 Å². The maximum atomic E-state index is 2.48. The third-order valence-corrected chi connectivity index (χ3v) is 12.8. The lowest BCUT2D eigenvalue weighted by Crippen LogP contribution is -2.12. The highest BCUT2D eigenvalue weighted by Crippen LogP contribution is 2.48. The Morgan fingerprint density at radius 1 is 0.283 bits per heavy atom. The van der Waals surface area contributed by atoms with Crippen molar-refractivity contribution in [3.05, 3.63) is 237 Å². The number of hydrogen-bond acceptors (Lipinski definition) is 2. The van der Waals surface area contributed by atoms with Gasteiger partial charge in [-0.1, -0.05) is 200 Å². The summed E-state index contributed by atoms with van der Waals surface area (Å²) in [5, 5.41) is 5.07. The molecule has 0 fully saturated rings. The standard InChI is InChI=1S/C58H39NS/c1-3-17-40(18-4-1)41-35-37-43(38-36-41)47-25-7-10-31-53(47)59(46-24-13-23-45(39-46)49-29-16-34-56-58(49)52-27-9-12-33-55(52)60-56)54-32-11-8-26-50(54)51-30-15-22-44-21-14-28-48(57(44)51)42-19-5-2-6-20-42/h1-39H. The highest BCUT2D eigenvalue weighted by molar-refractivity contribution is 7.25. The molecule has 0 aliphatic carbocycles. The molecule has 0 spiro atoms. The fourth-order valence-corrected chi connectivity index (χ4v) is 10.1. The normalized spacial score (nSPS) is 11.3. The lowest BCUT2D eigenvalue weighted by atomic mass is 9.90. The van der Waals surface area contributed by atoms with Crippen LogP contribution in [0, 0.1) is 0 Å². The van der Waals surface area contributed by atoms with Crippen LogP contribution in [-0.4, -0.2) is 0 Å². The molecule has 1 aromatic heterocycles. The summed E-state index contributed by atoms with van der Waals surface area (Å²) in [6.07, 6.45) is 0. The highest BCUT2D eigenvalue weighted by atomic mass is 32.1. The van der Waals surface area contributed by atoms with Crippen LogP contribution in [0.2, 0.25) is 0 Å². The summed E-state index contributed by atoms with van der Waals surface area (Å²) in [5.74, 6) is 0. The molecule has 0 saturated carbocycles. The van der Waals surface area contributed by atoms with Crippen LogP contribution in [0.3, 0.4) is 0 Å². The summed E-state index contributed by atoms with van der Waals surface area (Å²) in [4.78, 5) is 2.48. The largest absolute Gasteiger partial charge is 0.309 e. The van der Waals surface area contributed by atoms with Gasteiger partial charge in [-0.05, 0) is 91.7 Å². The number of benzene rings is 10. The first-order chi connectivity index (χ1) is 29.8. The van der Waals surface area contributed by atoms with Crippen LogP contribution in [-0.2, 0) is 0 Å². The average Bonchev–Trinajstić information content (AvgIpc) is 3.72. The molecule has 60 heavy (non-hydrogen) atoms. The minimum absolute atomic E-state index is 1.09. The Hall–Kier alpha value is -7.52. The van der Waals surface area contributed by atoms with Gasteiger partial charge in [0.25, 0.3) is 0 Å². The van der Waals surface area contributed by atoms with Gasteiger partial charge in [0.15, 0.2) is 0 Å². The van der Waals surface area contributed by atoms with Crippen molar-refractivity contribution in [2.45, 2.75) is 0 Å². The lowest BCUT2D eigenvalue weighted by molar-refractivity contribution is 1.28. The van der Waals surface area contributed by atoms with Crippen molar-refractivity contribution >= 4 is 59.3 Å². The molecule has 2 heteroatoms. The third kappa shape index (κ3) is 6.35. The van der Waals surface area contributed by atoms with Crippen molar-refractivity contribution < 1.29 is 0 Å². The second kappa shape index (κ2) is 15.3. The van der Waals surface area contributed by atoms with E-state index in [9.17, 15) is 0 Å². The van der Waals surface area contributed by atoms with E-state index in [2.05, 4.69) is 241 Å². The molecule has 0 unspecified atom stereocenters. The Morgan fingerprint density at radius 2 is 0.767 bits per heavy atom. The van der Waals surface area contributed by atoms with Crippen molar-refractivity contribution in [1.29, 1.82) is 0 Å². The average molecular weight is 782 g/mol. The molecule has 0 aliphatic heterocycles. The van der Waals surface area contributed by atoms with Crippen molar-refractivity contribution in [3.63, 3.8) is 0 Å². The van der Waals surface area contributed by atoms with Crippen LogP contribution in [0.4, 0.5) is 17.1 Å². The fraction of sp³-hybridized carbons (Fsp3) is 0. The molecule has 0 saturated heterocycles. The molecule has 0 bridgehead atoms. The molecule has 0 amide bonds. The summed E-state index contributed by atoms with van der Waals surface area (Å²) >= 11 is 1.86. The first kappa shape index (κ1) is 35.6. The topological polar surface area (TPSA) is 3.24 Å².